The third kappa shape index (κ3) is 2.07. The largest absolute Gasteiger partial charge is 0.497 e. The predicted molar refractivity (Wildman–Crippen MR) is 74.3 cm³/mol. The number of hydrogen-bond acceptors (Lipinski definition) is 4. The first-order valence-corrected chi connectivity index (χ1v) is 5.95. The van der Waals surface area contributed by atoms with Gasteiger partial charge in [-0.05, 0) is 30.3 Å². The summed E-state index contributed by atoms with van der Waals surface area (Å²) < 4.78 is 6.86. The summed E-state index contributed by atoms with van der Waals surface area (Å²) >= 11 is 0. The molecule has 0 fully saturated rings. The van der Waals surface area contributed by atoms with Gasteiger partial charge in [-0.1, -0.05) is 0 Å². The van der Waals surface area contributed by atoms with Crippen molar-refractivity contribution in [2.45, 2.75) is 0 Å². The van der Waals surface area contributed by atoms with Crippen LogP contribution in [0, 0.1) is 10.1 Å². The number of methoxy groups -OCH3 is 1. The molecule has 0 bridgehead atoms. The number of aromatic nitrogens is 2. The van der Waals surface area contributed by atoms with E-state index in [1.807, 2.05) is 24.4 Å². The van der Waals surface area contributed by atoms with E-state index in [1.165, 1.54) is 12.1 Å². The van der Waals surface area contributed by atoms with E-state index in [0.29, 0.717) is 0 Å². The maximum Gasteiger partial charge on any atom is 0.269 e. The monoisotopic (exact) mass is 269 g/mol. The molecular formula is C14H11N3O3. The minimum absolute atomic E-state index is 0.0622. The van der Waals surface area contributed by atoms with E-state index in [9.17, 15) is 10.1 Å². The first kappa shape index (κ1) is 12.2. The maximum absolute atomic E-state index is 10.6. The topological polar surface area (TPSA) is 70.2 Å². The van der Waals surface area contributed by atoms with E-state index in [0.717, 1.165) is 22.3 Å². The molecule has 3 rings (SSSR count). The SMILES string of the molecule is COc1ccc2nn(-c3ccc([N+](=O)[O-])cc3)cc2c1. The zero-order chi connectivity index (χ0) is 14.1. The highest BCUT2D eigenvalue weighted by Crippen LogP contribution is 2.22. The molecule has 0 radical (unpaired) electrons. The van der Waals surface area contributed by atoms with Gasteiger partial charge in [0.15, 0.2) is 0 Å². The lowest BCUT2D eigenvalue weighted by atomic mass is 10.2. The minimum atomic E-state index is -0.422. The molecule has 0 saturated heterocycles. The molecule has 0 aliphatic rings. The number of nitro benzene ring substituents is 1. The molecular weight excluding hydrogens is 258 g/mol. The second-order valence-electron chi connectivity index (χ2n) is 4.27. The average molecular weight is 269 g/mol. The zero-order valence-corrected chi connectivity index (χ0v) is 10.7. The summed E-state index contributed by atoms with van der Waals surface area (Å²) in [5.74, 6) is 0.765. The van der Waals surface area contributed by atoms with Crippen LogP contribution in [0.3, 0.4) is 0 Å². The van der Waals surface area contributed by atoms with Crippen molar-refractivity contribution in [2.24, 2.45) is 0 Å². The highest BCUT2D eigenvalue weighted by molar-refractivity contribution is 5.80. The highest BCUT2D eigenvalue weighted by atomic mass is 16.6. The van der Waals surface area contributed by atoms with E-state index in [1.54, 1.807) is 23.9 Å². The van der Waals surface area contributed by atoms with Crippen molar-refractivity contribution in [1.29, 1.82) is 0 Å². The van der Waals surface area contributed by atoms with Crippen molar-refractivity contribution in [3.05, 3.63) is 58.8 Å². The van der Waals surface area contributed by atoms with Gasteiger partial charge in [0.05, 0.1) is 23.2 Å². The van der Waals surface area contributed by atoms with Crippen LogP contribution in [0.2, 0.25) is 0 Å². The van der Waals surface area contributed by atoms with Crippen LogP contribution < -0.4 is 4.74 Å². The Morgan fingerprint density at radius 3 is 2.60 bits per heavy atom. The lowest BCUT2D eigenvalue weighted by Gasteiger charge is -1.99. The molecule has 1 heterocycles. The third-order valence-corrected chi connectivity index (χ3v) is 3.04. The number of fused-ring (bicyclic) bond motifs is 1. The molecule has 0 aliphatic carbocycles. The molecule has 3 aromatic rings. The summed E-state index contributed by atoms with van der Waals surface area (Å²) in [6, 6.07) is 11.9. The molecule has 0 saturated carbocycles. The molecule has 0 aliphatic heterocycles. The Morgan fingerprint density at radius 1 is 1.20 bits per heavy atom. The average Bonchev–Trinajstić information content (AvgIpc) is 2.90. The fraction of sp³-hybridized carbons (Fsp3) is 0.0714. The quantitative estimate of drug-likeness (QED) is 0.541. The Labute approximate surface area is 114 Å². The number of ether oxygens (including phenoxy) is 1. The zero-order valence-electron chi connectivity index (χ0n) is 10.7. The molecule has 6 heteroatoms. The highest BCUT2D eigenvalue weighted by Gasteiger charge is 2.07. The van der Waals surface area contributed by atoms with Gasteiger partial charge in [-0.2, -0.15) is 5.10 Å². The fourth-order valence-electron chi connectivity index (χ4n) is 1.99. The van der Waals surface area contributed by atoms with Crippen LogP contribution in [0.4, 0.5) is 5.69 Å². The van der Waals surface area contributed by atoms with E-state index < -0.39 is 4.92 Å². The van der Waals surface area contributed by atoms with Crippen LogP contribution in [0.5, 0.6) is 5.75 Å². The summed E-state index contributed by atoms with van der Waals surface area (Å²) in [6.45, 7) is 0. The van der Waals surface area contributed by atoms with Crippen molar-refractivity contribution >= 4 is 16.6 Å². The van der Waals surface area contributed by atoms with Gasteiger partial charge in [0, 0.05) is 23.7 Å². The van der Waals surface area contributed by atoms with E-state index in [4.69, 9.17) is 4.74 Å². The minimum Gasteiger partial charge on any atom is -0.497 e. The molecule has 20 heavy (non-hydrogen) atoms. The van der Waals surface area contributed by atoms with E-state index >= 15 is 0 Å². The lowest BCUT2D eigenvalue weighted by Crippen LogP contribution is -1.94. The summed E-state index contributed by atoms with van der Waals surface area (Å²) in [4.78, 5) is 10.2. The first-order chi connectivity index (χ1) is 9.67. The first-order valence-electron chi connectivity index (χ1n) is 5.95. The van der Waals surface area contributed by atoms with Crippen LogP contribution in [-0.4, -0.2) is 21.8 Å². The third-order valence-electron chi connectivity index (χ3n) is 3.04. The number of benzene rings is 2. The molecule has 0 atom stereocenters. The van der Waals surface area contributed by atoms with Crippen molar-refractivity contribution in [3.63, 3.8) is 0 Å². The molecule has 6 nitrogen and oxygen atoms in total. The number of nitrogens with zero attached hydrogens (tertiary/aromatic N) is 3. The van der Waals surface area contributed by atoms with Crippen LogP contribution in [0.15, 0.2) is 48.7 Å². The summed E-state index contributed by atoms with van der Waals surface area (Å²) in [5, 5.41) is 16.0. The summed E-state index contributed by atoms with van der Waals surface area (Å²) in [6.07, 6.45) is 1.86. The fourth-order valence-corrected chi connectivity index (χ4v) is 1.99. The van der Waals surface area contributed by atoms with Crippen molar-refractivity contribution in [1.82, 2.24) is 9.78 Å². The van der Waals surface area contributed by atoms with Gasteiger partial charge in [0.1, 0.15) is 5.75 Å². The van der Waals surface area contributed by atoms with E-state index in [2.05, 4.69) is 5.10 Å². The van der Waals surface area contributed by atoms with Crippen LogP contribution in [-0.2, 0) is 0 Å². The molecule has 0 unspecified atom stereocenters. The van der Waals surface area contributed by atoms with Gasteiger partial charge < -0.3 is 4.74 Å². The maximum atomic E-state index is 10.6. The van der Waals surface area contributed by atoms with Gasteiger partial charge in [-0.3, -0.25) is 10.1 Å². The molecule has 100 valence electrons. The van der Waals surface area contributed by atoms with Gasteiger partial charge >= 0.3 is 0 Å². The second kappa shape index (κ2) is 4.65. The molecule has 1 aromatic heterocycles. The van der Waals surface area contributed by atoms with Gasteiger partial charge in [-0.15, -0.1) is 0 Å². The Hall–Kier alpha value is -2.89. The Bertz CT molecular complexity index is 778. The smallest absolute Gasteiger partial charge is 0.269 e. The summed E-state index contributed by atoms with van der Waals surface area (Å²) in [5.41, 5.74) is 1.67. The Kier molecular flexibility index (Phi) is 2.83. The van der Waals surface area contributed by atoms with Crippen molar-refractivity contribution in [3.8, 4) is 11.4 Å². The molecule has 0 spiro atoms. The molecule has 0 N–H and O–H groups in total. The van der Waals surface area contributed by atoms with Crippen molar-refractivity contribution in [2.75, 3.05) is 7.11 Å². The number of hydrogen-bond donors (Lipinski definition) is 0. The van der Waals surface area contributed by atoms with Crippen LogP contribution in [0.1, 0.15) is 0 Å². The number of non-ortho nitro benzene ring substituents is 1. The Morgan fingerprint density at radius 2 is 1.95 bits per heavy atom. The Balaban J connectivity index is 2.03. The normalized spacial score (nSPS) is 10.7. The second-order valence-corrected chi connectivity index (χ2v) is 4.27. The predicted octanol–water partition coefficient (Wildman–Crippen LogP) is 2.94. The summed E-state index contributed by atoms with van der Waals surface area (Å²) in [7, 11) is 1.61. The van der Waals surface area contributed by atoms with Crippen LogP contribution in [0.25, 0.3) is 16.6 Å². The molecule has 2 aromatic carbocycles. The molecule has 0 amide bonds. The van der Waals surface area contributed by atoms with Gasteiger partial charge in [0.25, 0.3) is 5.69 Å². The van der Waals surface area contributed by atoms with Gasteiger partial charge in [0.2, 0.25) is 0 Å². The number of nitro groups is 1. The van der Waals surface area contributed by atoms with Crippen LogP contribution >= 0.6 is 0 Å². The lowest BCUT2D eigenvalue weighted by molar-refractivity contribution is -0.384. The van der Waals surface area contributed by atoms with E-state index in [-0.39, 0.29) is 5.69 Å². The van der Waals surface area contributed by atoms with Crippen molar-refractivity contribution < 1.29 is 9.66 Å². The standard InChI is InChI=1S/C14H11N3O3/c1-20-13-6-7-14-10(8-13)9-16(15-14)11-2-4-12(5-3-11)17(18)19/h2-9H,1H3. The van der Waals surface area contributed by atoms with Gasteiger partial charge in [-0.25, -0.2) is 4.68 Å². The number of rotatable bonds is 3.